The molecule has 0 radical (unpaired) electrons. The van der Waals surface area contributed by atoms with Crippen LogP contribution in [0.2, 0.25) is 0 Å². The minimum absolute atomic E-state index is 0.0959. The van der Waals surface area contributed by atoms with E-state index in [4.69, 9.17) is 4.74 Å². The lowest BCUT2D eigenvalue weighted by Crippen LogP contribution is -2.43. The lowest BCUT2D eigenvalue weighted by Gasteiger charge is -2.20. The SMILES string of the molecule is CCNC(=NCCNC(C)(C)C)NCCNC(=O)OC(C)(C)C. The van der Waals surface area contributed by atoms with E-state index in [-0.39, 0.29) is 5.54 Å². The molecule has 0 aromatic carbocycles. The number of hydrogen-bond donors (Lipinski definition) is 4. The molecule has 0 bridgehead atoms. The van der Waals surface area contributed by atoms with Gasteiger partial charge < -0.3 is 26.0 Å². The number of guanidine groups is 1. The second-order valence-corrected chi connectivity index (χ2v) is 7.29. The lowest BCUT2D eigenvalue weighted by atomic mass is 10.1. The number of carbonyl (C=O) groups excluding carboxylic acids is 1. The van der Waals surface area contributed by atoms with Crippen molar-refractivity contribution in [1.29, 1.82) is 0 Å². The standard InChI is InChI=1S/C16H35N5O2/c1-8-17-13(19-11-12-21-15(2,3)4)18-9-10-20-14(22)23-16(5,6)7/h21H,8-12H2,1-7H3,(H,20,22)(H2,17,18,19). The number of amides is 1. The van der Waals surface area contributed by atoms with E-state index in [0.717, 1.165) is 19.0 Å². The van der Waals surface area contributed by atoms with Gasteiger partial charge in [0, 0.05) is 31.7 Å². The molecule has 0 heterocycles. The summed E-state index contributed by atoms with van der Waals surface area (Å²) in [6, 6.07) is 0. The third kappa shape index (κ3) is 15.2. The maximum Gasteiger partial charge on any atom is 0.407 e. The van der Waals surface area contributed by atoms with Crippen LogP contribution in [0.4, 0.5) is 4.79 Å². The number of ether oxygens (including phenoxy) is 1. The van der Waals surface area contributed by atoms with Crippen LogP contribution in [0, 0.1) is 0 Å². The summed E-state index contributed by atoms with van der Waals surface area (Å²) in [5.74, 6) is 0.745. The van der Waals surface area contributed by atoms with Crippen LogP contribution in [0.5, 0.6) is 0 Å². The highest BCUT2D eigenvalue weighted by Crippen LogP contribution is 2.05. The van der Waals surface area contributed by atoms with Gasteiger partial charge in [-0.05, 0) is 48.5 Å². The molecule has 0 saturated carbocycles. The molecule has 0 spiro atoms. The first-order valence-corrected chi connectivity index (χ1v) is 8.27. The topological polar surface area (TPSA) is 86.8 Å². The number of rotatable bonds is 7. The zero-order valence-corrected chi connectivity index (χ0v) is 15.8. The molecule has 0 aliphatic heterocycles. The Balaban J connectivity index is 4.02. The van der Waals surface area contributed by atoms with Gasteiger partial charge in [-0.25, -0.2) is 4.79 Å². The van der Waals surface area contributed by atoms with Crippen LogP contribution in [-0.4, -0.2) is 55.9 Å². The summed E-state index contributed by atoms with van der Waals surface area (Å²) in [4.78, 5) is 16.0. The second-order valence-electron chi connectivity index (χ2n) is 7.29. The molecule has 0 fully saturated rings. The molecule has 0 aliphatic rings. The van der Waals surface area contributed by atoms with Crippen molar-refractivity contribution in [3.05, 3.63) is 0 Å². The number of aliphatic imine (C=N–C) groups is 1. The monoisotopic (exact) mass is 329 g/mol. The Morgan fingerprint density at radius 2 is 1.57 bits per heavy atom. The molecule has 4 N–H and O–H groups in total. The van der Waals surface area contributed by atoms with Gasteiger partial charge >= 0.3 is 6.09 Å². The molecule has 1 amide bonds. The first-order chi connectivity index (χ1) is 10.5. The first kappa shape index (κ1) is 21.5. The summed E-state index contributed by atoms with van der Waals surface area (Å²) in [6.45, 7) is 17.3. The highest BCUT2D eigenvalue weighted by molar-refractivity contribution is 5.79. The van der Waals surface area contributed by atoms with Crippen molar-refractivity contribution in [2.45, 2.75) is 59.6 Å². The molecule has 0 atom stereocenters. The molecule has 136 valence electrons. The molecule has 7 nitrogen and oxygen atoms in total. The molecule has 0 unspecified atom stereocenters. The third-order valence-corrected chi connectivity index (χ3v) is 2.47. The van der Waals surface area contributed by atoms with Crippen molar-refractivity contribution < 1.29 is 9.53 Å². The Bertz CT molecular complexity index is 370. The van der Waals surface area contributed by atoms with Gasteiger partial charge in [-0.2, -0.15) is 0 Å². The van der Waals surface area contributed by atoms with Gasteiger partial charge in [-0.1, -0.05) is 0 Å². The van der Waals surface area contributed by atoms with Crippen molar-refractivity contribution in [1.82, 2.24) is 21.3 Å². The fraction of sp³-hybridized carbons (Fsp3) is 0.875. The molecule has 0 rings (SSSR count). The number of carbonyl (C=O) groups is 1. The largest absolute Gasteiger partial charge is 0.444 e. The van der Waals surface area contributed by atoms with E-state index in [1.807, 2.05) is 27.7 Å². The van der Waals surface area contributed by atoms with E-state index in [1.54, 1.807) is 0 Å². The van der Waals surface area contributed by atoms with Gasteiger partial charge in [0.25, 0.3) is 0 Å². The van der Waals surface area contributed by atoms with Crippen molar-refractivity contribution >= 4 is 12.1 Å². The molecule has 0 aromatic heterocycles. The van der Waals surface area contributed by atoms with Gasteiger partial charge in [-0.3, -0.25) is 4.99 Å². The first-order valence-electron chi connectivity index (χ1n) is 8.27. The maximum absolute atomic E-state index is 11.5. The Hall–Kier alpha value is -1.50. The fourth-order valence-electron chi connectivity index (χ4n) is 1.60. The molecule has 0 aromatic rings. The molecular formula is C16H35N5O2. The number of alkyl carbamates (subject to hydrolysis) is 1. The van der Waals surface area contributed by atoms with E-state index in [2.05, 4.69) is 47.0 Å². The smallest absolute Gasteiger partial charge is 0.407 e. The van der Waals surface area contributed by atoms with E-state index < -0.39 is 11.7 Å². The highest BCUT2D eigenvalue weighted by atomic mass is 16.6. The van der Waals surface area contributed by atoms with E-state index in [9.17, 15) is 4.79 Å². The maximum atomic E-state index is 11.5. The Kier molecular flexibility index (Phi) is 9.64. The number of nitrogens with one attached hydrogen (secondary N) is 4. The van der Waals surface area contributed by atoms with Crippen LogP contribution in [0.3, 0.4) is 0 Å². The summed E-state index contributed by atoms with van der Waals surface area (Å²) >= 11 is 0. The van der Waals surface area contributed by atoms with Gasteiger partial charge in [0.15, 0.2) is 5.96 Å². The van der Waals surface area contributed by atoms with Crippen LogP contribution >= 0.6 is 0 Å². The van der Waals surface area contributed by atoms with Crippen LogP contribution in [0.25, 0.3) is 0 Å². The van der Waals surface area contributed by atoms with Crippen LogP contribution in [0.15, 0.2) is 4.99 Å². The summed E-state index contributed by atoms with van der Waals surface area (Å²) in [7, 11) is 0. The van der Waals surface area contributed by atoms with Gasteiger partial charge in [0.2, 0.25) is 0 Å². The van der Waals surface area contributed by atoms with Crippen molar-refractivity contribution in [3.63, 3.8) is 0 Å². The zero-order chi connectivity index (χ0) is 17.9. The van der Waals surface area contributed by atoms with Gasteiger partial charge in [0.1, 0.15) is 5.60 Å². The predicted molar refractivity (Wildman–Crippen MR) is 96.0 cm³/mol. The normalized spacial score (nSPS) is 12.7. The van der Waals surface area contributed by atoms with E-state index >= 15 is 0 Å². The number of nitrogens with zero attached hydrogens (tertiary/aromatic N) is 1. The zero-order valence-electron chi connectivity index (χ0n) is 15.8. The molecule has 7 heteroatoms. The van der Waals surface area contributed by atoms with Crippen LogP contribution in [0.1, 0.15) is 48.5 Å². The quantitative estimate of drug-likeness (QED) is 0.323. The van der Waals surface area contributed by atoms with Crippen molar-refractivity contribution in [3.8, 4) is 0 Å². The lowest BCUT2D eigenvalue weighted by molar-refractivity contribution is 0.0529. The van der Waals surface area contributed by atoms with Crippen LogP contribution < -0.4 is 21.3 Å². The van der Waals surface area contributed by atoms with E-state index in [0.29, 0.717) is 19.6 Å². The Morgan fingerprint density at radius 3 is 2.09 bits per heavy atom. The molecule has 23 heavy (non-hydrogen) atoms. The average molecular weight is 329 g/mol. The third-order valence-electron chi connectivity index (χ3n) is 2.47. The van der Waals surface area contributed by atoms with Crippen molar-refractivity contribution in [2.75, 3.05) is 32.7 Å². The van der Waals surface area contributed by atoms with E-state index in [1.165, 1.54) is 0 Å². The highest BCUT2D eigenvalue weighted by Gasteiger charge is 2.15. The average Bonchev–Trinajstić information content (AvgIpc) is 2.36. The fourth-order valence-corrected chi connectivity index (χ4v) is 1.60. The molecule has 0 saturated heterocycles. The minimum atomic E-state index is -0.478. The number of hydrogen-bond acceptors (Lipinski definition) is 4. The van der Waals surface area contributed by atoms with Crippen LogP contribution in [-0.2, 0) is 4.74 Å². The Labute approximate surface area is 141 Å². The molecular weight excluding hydrogens is 294 g/mol. The van der Waals surface area contributed by atoms with Crippen molar-refractivity contribution in [2.24, 2.45) is 4.99 Å². The summed E-state index contributed by atoms with van der Waals surface area (Å²) in [5, 5.41) is 12.4. The second kappa shape index (κ2) is 10.3. The van der Waals surface area contributed by atoms with Gasteiger partial charge in [-0.15, -0.1) is 0 Å². The predicted octanol–water partition coefficient (Wildman–Crippen LogP) is 1.45. The summed E-state index contributed by atoms with van der Waals surface area (Å²) in [5.41, 5.74) is -0.382. The Morgan fingerprint density at radius 1 is 0.957 bits per heavy atom. The summed E-state index contributed by atoms with van der Waals surface area (Å²) in [6.07, 6.45) is -0.407. The van der Waals surface area contributed by atoms with Gasteiger partial charge in [0.05, 0.1) is 6.54 Å². The summed E-state index contributed by atoms with van der Waals surface area (Å²) < 4.78 is 5.17. The minimum Gasteiger partial charge on any atom is -0.444 e. The molecule has 0 aliphatic carbocycles.